The third-order valence-corrected chi connectivity index (χ3v) is 4.27. The lowest BCUT2D eigenvalue weighted by Crippen LogP contribution is -2.30. The lowest BCUT2D eigenvalue weighted by Gasteiger charge is -2.25. The molecule has 0 spiro atoms. The highest BCUT2D eigenvalue weighted by atomic mass is 79.9. The monoisotopic (exact) mass is 382 g/mol. The maximum atomic E-state index is 12.6. The van der Waals surface area contributed by atoms with Gasteiger partial charge in [0.1, 0.15) is 10.9 Å². The maximum absolute atomic E-state index is 12.6. The predicted molar refractivity (Wildman–Crippen MR) is 90.4 cm³/mol. The number of hydrogen-bond acceptors (Lipinski definition) is 3. The van der Waals surface area contributed by atoms with Gasteiger partial charge < -0.3 is 9.64 Å². The Morgan fingerprint density at radius 3 is 2.59 bits per heavy atom. The number of amides is 1. The van der Waals surface area contributed by atoms with Crippen molar-refractivity contribution in [3.8, 4) is 5.75 Å². The Kier molecular flexibility index (Phi) is 5.42. The largest absolute Gasteiger partial charge is 0.497 e. The molecule has 1 unspecified atom stereocenters. The van der Waals surface area contributed by atoms with Gasteiger partial charge in [0.25, 0.3) is 5.91 Å². The SMILES string of the molecule is COc1ccc(C(C)N(C)C(=O)c2cc(Br)cnc2Cl)cc1. The van der Waals surface area contributed by atoms with Crippen LogP contribution in [-0.2, 0) is 0 Å². The van der Waals surface area contributed by atoms with E-state index in [9.17, 15) is 4.79 Å². The van der Waals surface area contributed by atoms with Gasteiger partial charge >= 0.3 is 0 Å². The summed E-state index contributed by atoms with van der Waals surface area (Å²) in [6, 6.07) is 9.19. The summed E-state index contributed by atoms with van der Waals surface area (Å²) in [6.07, 6.45) is 1.56. The Bertz CT molecular complexity index is 676. The first-order valence-corrected chi connectivity index (χ1v) is 7.83. The van der Waals surface area contributed by atoms with E-state index in [4.69, 9.17) is 16.3 Å². The van der Waals surface area contributed by atoms with Crippen LogP contribution in [0.2, 0.25) is 5.15 Å². The molecule has 116 valence electrons. The van der Waals surface area contributed by atoms with E-state index in [0.29, 0.717) is 10.0 Å². The van der Waals surface area contributed by atoms with Gasteiger partial charge in [-0.1, -0.05) is 23.7 Å². The molecule has 0 aliphatic heterocycles. The Hall–Kier alpha value is -1.59. The van der Waals surface area contributed by atoms with Crippen molar-refractivity contribution in [3.05, 3.63) is 57.3 Å². The molecule has 0 fully saturated rings. The summed E-state index contributed by atoms with van der Waals surface area (Å²) >= 11 is 9.34. The molecule has 1 amide bonds. The smallest absolute Gasteiger partial charge is 0.257 e. The van der Waals surface area contributed by atoms with Crippen LogP contribution in [0, 0.1) is 0 Å². The number of halogens is 2. The normalized spacial score (nSPS) is 11.9. The van der Waals surface area contributed by atoms with E-state index in [-0.39, 0.29) is 17.1 Å². The zero-order valence-electron chi connectivity index (χ0n) is 12.5. The average molecular weight is 384 g/mol. The number of rotatable bonds is 4. The third-order valence-electron chi connectivity index (χ3n) is 3.54. The van der Waals surface area contributed by atoms with Crippen molar-refractivity contribution in [2.75, 3.05) is 14.2 Å². The van der Waals surface area contributed by atoms with E-state index in [2.05, 4.69) is 20.9 Å². The van der Waals surface area contributed by atoms with Gasteiger partial charge in [-0.2, -0.15) is 0 Å². The Labute approximate surface area is 143 Å². The summed E-state index contributed by atoms with van der Waals surface area (Å²) in [5.74, 6) is 0.603. The highest BCUT2D eigenvalue weighted by Crippen LogP contribution is 2.25. The van der Waals surface area contributed by atoms with Crippen LogP contribution in [0.5, 0.6) is 5.75 Å². The number of ether oxygens (including phenoxy) is 1. The van der Waals surface area contributed by atoms with E-state index >= 15 is 0 Å². The first kappa shape index (κ1) is 16.8. The molecule has 6 heteroatoms. The second-order valence-corrected chi connectivity index (χ2v) is 6.13. The summed E-state index contributed by atoms with van der Waals surface area (Å²) < 4.78 is 5.86. The van der Waals surface area contributed by atoms with Crippen molar-refractivity contribution in [1.29, 1.82) is 0 Å². The van der Waals surface area contributed by atoms with Crippen molar-refractivity contribution in [3.63, 3.8) is 0 Å². The van der Waals surface area contributed by atoms with Crippen LogP contribution in [0.1, 0.15) is 28.9 Å². The van der Waals surface area contributed by atoms with Crippen LogP contribution < -0.4 is 4.74 Å². The number of hydrogen-bond donors (Lipinski definition) is 0. The van der Waals surface area contributed by atoms with Gasteiger partial charge in [-0.25, -0.2) is 4.98 Å². The number of carbonyl (C=O) groups excluding carboxylic acids is 1. The number of methoxy groups -OCH3 is 1. The third kappa shape index (κ3) is 3.59. The minimum Gasteiger partial charge on any atom is -0.497 e. The molecule has 4 nitrogen and oxygen atoms in total. The van der Waals surface area contributed by atoms with Gasteiger partial charge in [-0.15, -0.1) is 0 Å². The molecule has 1 heterocycles. The van der Waals surface area contributed by atoms with E-state index < -0.39 is 0 Å². The Morgan fingerprint density at radius 1 is 1.36 bits per heavy atom. The van der Waals surface area contributed by atoms with E-state index in [1.165, 1.54) is 0 Å². The molecule has 1 aromatic carbocycles. The molecule has 0 aliphatic rings. The van der Waals surface area contributed by atoms with Gasteiger partial charge in [0.2, 0.25) is 0 Å². The van der Waals surface area contributed by atoms with Crippen molar-refractivity contribution >= 4 is 33.4 Å². The van der Waals surface area contributed by atoms with Crippen LogP contribution in [0.15, 0.2) is 41.0 Å². The standard InChI is InChI=1S/C16H16BrClN2O2/c1-10(11-4-6-13(22-3)7-5-11)20(2)16(21)14-8-12(17)9-19-15(14)18/h4-10H,1-3H3. The molecule has 22 heavy (non-hydrogen) atoms. The fourth-order valence-electron chi connectivity index (χ4n) is 2.04. The molecule has 1 aromatic heterocycles. The molecule has 0 radical (unpaired) electrons. The van der Waals surface area contributed by atoms with E-state index in [1.54, 1.807) is 31.3 Å². The summed E-state index contributed by atoms with van der Waals surface area (Å²) in [4.78, 5) is 18.2. The molecular formula is C16H16BrClN2O2. The van der Waals surface area contributed by atoms with Crippen molar-refractivity contribution in [2.45, 2.75) is 13.0 Å². The van der Waals surface area contributed by atoms with Crippen LogP contribution in [0.3, 0.4) is 0 Å². The van der Waals surface area contributed by atoms with Gasteiger partial charge in [-0.3, -0.25) is 4.79 Å². The summed E-state index contributed by atoms with van der Waals surface area (Å²) in [5.41, 5.74) is 1.38. The molecule has 2 rings (SSSR count). The summed E-state index contributed by atoms with van der Waals surface area (Å²) in [6.45, 7) is 1.96. The van der Waals surface area contributed by atoms with Gasteiger partial charge in [-0.05, 0) is 46.6 Å². The quantitative estimate of drug-likeness (QED) is 0.738. The van der Waals surface area contributed by atoms with Gasteiger partial charge in [0.15, 0.2) is 0 Å². The molecular weight excluding hydrogens is 368 g/mol. The molecule has 0 aliphatic carbocycles. The first-order valence-electron chi connectivity index (χ1n) is 6.66. The topological polar surface area (TPSA) is 42.4 Å². The second kappa shape index (κ2) is 7.11. The van der Waals surface area contributed by atoms with Crippen LogP contribution in [0.4, 0.5) is 0 Å². The number of pyridine rings is 1. The van der Waals surface area contributed by atoms with Crippen molar-refractivity contribution in [1.82, 2.24) is 9.88 Å². The zero-order valence-corrected chi connectivity index (χ0v) is 14.9. The van der Waals surface area contributed by atoms with E-state index in [1.807, 2.05) is 31.2 Å². The molecule has 0 N–H and O–H groups in total. The second-order valence-electron chi connectivity index (χ2n) is 4.86. The summed E-state index contributed by atoms with van der Waals surface area (Å²) in [7, 11) is 3.37. The first-order chi connectivity index (χ1) is 10.4. The minimum absolute atomic E-state index is 0.103. The van der Waals surface area contributed by atoms with Crippen LogP contribution in [0.25, 0.3) is 0 Å². The molecule has 1 atom stereocenters. The lowest BCUT2D eigenvalue weighted by molar-refractivity contribution is 0.0742. The van der Waals surface area contributed by atoms with E-state index in [0.717, 1.165) is 11.3 Å². The highest BCUT2D eigenvalue weighted by Gasteiger charge is 2.21. The maximum Gasteiger partial charge on any atom is 0.257 e. The number of carbonyl (C=O) groups is 1. The Balaban J connectivity index is 2.23. The molecule has 2 aromatic rings. The fourth-order valence-corrected chi connectivity index (χ4v) is 2.56. The minimum atomic E-state index is -0.179. The number of benzene rings is 1. The van der Waals surface area contributed by atoms with Crippen molar-refractivity contribution in [2.24, 2.45) is 0 Å². The molecule has 0 bridgehead atoms. The van der Waals surface area contributed by atoms with Crippen molar-refractivity contribution < 1.29 is 9.53 Å². The van der Waals surface area contributed by atoms with Crippen LogP contribution >= 0.6 is 27.5 Å². The molecule has 0 saturated heterocycles. The average Bonchev–Trinajstić information content (AvgIpc) is 2.55. The highest BCUT2D eigenvalue weighted by molar-refractivity contribution is 9.10. The number of nitrogens with zero attached hydrogens (tertiary/aromatic N) is 2. The lowest BCUT2D eigenvalue weighted by atomic mass is 10.1. The fraction of sp³-hybridized carbons (Fsp3) is 0.250. The van der Waals surface area contributed by atoms with Gasteiger partial charge in [0, 0.05) is 17.7 Å². The van der Waals surface area contributed by atoms with Crippen LogP contribution in [-0.4, -0.2) is 29.9 Å². The molecule has 0 saturated carbocycles. The Morgan fingerprint density at radius 2 is 2.00 bits per heavy atom. The predicted octanol–water partition coefficient (Wildman–Crippen LogP) is 4.34. The summed E-state index contributed by atoms with van der Waals surface area (Å²) in [5, 5.41) is 0.196. The van der Waals surface area contributed by atoms with Gasteiger partial charge in [0.05, 0.1) is 18.7 Å². The number of aromatic nitrogens is 1. The zero-order chi connectivity index (χ0) is 16.3.